The summed E-state index contributed by atoms with van der Waals surface area (Å²) < 4.78 is 12.9. The van der Waals surface area contributed by atoms with E-state index in [1.54, 1.807) is 17.8 Å². The predicted octanol–water partition coefficient (Wildman–Crippen LogP) is 3.65. The molecule has 0 bridgehead atoms. The van der Waals surface area contributed by atoms with E-state index < -0.39 is 0 Å². The van der Waals surface area contributed by atoms with Crippen LogP contribution in [-0.2, 0) is 0 Å². The quantitative estimate of drug-likeness (QED) is 0.657. The van der Waals surface area contributed by atoms with Crippen LogP contribution >= 0.6 is 11.8 Å². The number of fused-ring (bicyclic) bond motifs is 1. The average molecular weight is 194 g/mol. The van der Waals surface area contributed by atoms with E-state index in [9.17, 15) is 4.39 Å². The number of halogens is 1. The molecule has 0 saturated heterocycles. The third-order valence-electron chi connectivity index (χ3n) is 2.36. The van der Waals surface area contributed by atoms with Crippen LogP contribution in [0.2, 0.25) is 0 Å². The van der Waals surface area contributed by atoms with E-state index in [0.717, 1.165) is 5.56 Å². The number of rotatable bonds is 1. The fourth-order valence-electron chi connectivity index (χ4n) is 1.79. The van der Waals surface area contributed by atoms with Crippen LogP contribution in [0.1, 0.15) is 23.3 Å². The number of benzene rings is 1. The topological polar surface area (TPSA) is 0 Å². The smallest absolute Gasteiger partial charge is 0.123 e. The van der Waals surface area contributed by atoms with Crippen LogP contribution in [0.3, 0.4) is 0 Å². The largest absolute Gasteiger partial charge is 0.207 e. The molecule has 1 unspecified atom stereocenters. The molecule has 68 valence electrons. The zero-order valence-electron chi connectivity index (χ0n) is 7.67. The first-order valence-corrected chi connectivity index (χ1v) is 5.51. The fraction of sp³-hybridized carbons (Fsp3) is 0.273. The molecule has 0 radical (unpaired) electrons. The zero-order valence-corrected chi connectivity index (χ0v) is 8.49. The monoisotopic (exact) mass is 194 g/mol. The first kappa shape index (κ1) is 8.82. The summed E-state index contributed by atoms with van der Waals surface area (Å²) in [6.45, 7) is 2.10. The minimum absolute atomic E-state index is 0.149. The molecular formula is C11H11FS. The van der Waals surface area contributed by atoms with Crippen molar-refractivity contribution in [2.24, 2.45) is 0 Å². The molecule has 13 heavy (non-hydrogen) atoms. The molecule has 1 aromatic rings. The molecule has 2 heteroatoms. The van der Waals surface area contributed by atoms with Gasteiger partial charge >= 0.3 is 0 Å². The van der Waals surface area contributed by atoms with Crippen molar-refractivity contribution < 1.29 is 4.39 Å². The SMILES string of the molecule is CSC1C(C)=Cc2cc(F)ccc21. The highest BCUT2D eigenvalue weighted by Gasteiger charge is 2.21. The normalized spacial score (nSPS) is 19.9. The molecule has 0 aliphatic heterocycles. The van der Waals surface area contributed by atoms with E-state index in [0.29, 0.717) is 5.25 Å². The van der Waals surface area contributed by atoms with Gasteiger partial charge in [-0.3, -0.25) is 0 Å². The molecule has 0 N–H and O–H groups in total. The van der Waals surface area contributed by atoms with E-state index in [-0.39, 0.29) is 5.82 Å². The Kier molecular flexibility index (Phi) is 2.16. The van der Waals surface area contributed by atoms with E-state index in [1.165, 1.54) is 17.2 Å². The van der Waals surface area contributed by atoms with Gasteiger partial charge in [-0.15, -0.1) is 0 Å². The molecule has 0 heterocycles. The minimum atomic E-state index is -0.149. The molecule has 0 nitrogen and oxygen atoms in total. The molecule has 0 aromatic heterocycles. The molecule has 1 atom stereocenters. The van der Waals surface area contributed by atoms with Crippen LogP contribution < -0.4 is 0 Å². The molecule has 0 amide bonds. The van der Waals surface area contributed by atoms with Gasteiger partial charge in [0.15, 0.2) is 0 Å². The maximum atomic E-state index is 12.9. The lowest BCUT2D eigenvalue weighted by Gasteiger charge is -2.10. The summed E-state index contributed by atoms with van der Waals surface area (Å²) >= 11 is 1.80. The highest BCUT2D eigenvalue weighted by atomic mass is 32.2. The summed E-state index contributed by atoms with van der Waals surface area (Å²) in [6.07, 6.45) is 4.15. The van der Waals surface area contributed by atoms with Crippen LogP contribution in [0.15, 0.2) is 23.8 Å². The van der Waals surface area contributed by atoms with Crippen LogP contribution in [0.4, 0.5) is 4.39 Å². The third-order valence-corrected chi connectivity index (χ3v) is 3.46. The maximum Gasteiger partial charge on any atom is 0.123 e. The molecule has 1 aliphatic carbocycles. The number of hydrogen-bond acceptors (Lipinski definition) is 1. The second-order valence-corrected chi connectivity index (χ2v) is 4.22. The van der Waals surface area contributed by atoms with E-state index in [4.69, 9.17) is 0 Å². The van der Waals surface area contributed by atoms with Crippen molar-refractivity contribution in [2.45, 2.75) is 12.2 Å². The molecule has 0 fully saturated rings. The Morgan fingerprint density at radius 1 is 1.38 bits per heavy atom. The maximum absolute atomic E-state index is 12.9. The Balaban J connectivity index is 2.51. The number of hydrogen-bond donors (Lipinski definition) is 0. The third kappa shape index (κ3) is 1.39. The Hall–Kier alpha value is -0.760. The van der Waals surface area contributed by atoms with Crippen LogP contribution in [0.25, 0.3) is 6.08 Å². The lowest BCUT2D eigenvalue weighted by molar-refractivity contribution is 0.627. The van der Waals surface area contributed by atoms with Gasteiger partial charge in [-0.2, -0.15) is 11.8 Å². The van der Waals surface area contributed by atoms with Crippen LogP contribution in [-0.4, -0.2) is 6.26 Å². The van der Waals surface area contributed by atoms with Gasteiger partial charge in [-0.25, -0.2) is 4.39 Å². The molecule has 2 rings (SSSR count). The van der Waals surface area contributed by atoms with Crippen molar-refractivity contribution in [3.63, 3.8) is 0 Å². The van der Waals surface area contributed by atoms with Gasteiger partial charge in [-0.1, -0.05) is 17.7 Å². The average Bonchev–Trinajstić information content (AvgIpc) is 2.39. The van der Waals surface area contributed by atoms with Crippen molar-refractivity contribution in [3.05, 3.63) is 40.7 Å². The van der Waals surface area contributed by atoms with Crippen LogP contribution in [0.5, 0.6) is 0 Å². The zero-order chi connectivity index (χ0) is 9.42. The van der Waals surface area contributed by atoms with Crippen molar-refractivity contribution in [1.82, 2.24) is 0 Å². The second kappa shape index (κ2) is 3.18. The first-order valence-electron chi connectivity index (χ1n) is 4.23. The van der Waals surface area contributed by atoms with Crippen molar-refractivity contribution in [3.8, 4) is 0 Å². The Morgan fingerprint density at radius 2 is 2.15 bits per heavy atom. The lowest BCUT2D eigenvalue weighted by Crippen LogP contribution is -1.90. The van der Waals surface area contributed by atoms with Gasteiger partial charge in [-0.05, 0) is 36.4 Å². The molecular weight excluding hydrogens is 183 g/mol. The minimum Gasteiger partial charge on any atom is -0.207 e. The van der Waals surface area contributed by atoms with E-state index >= 15 is 0 Å². The first-order chi connectivity index (χ1) is 6.22. The molecule has 0 saturated carbocycles. The second-order valence-electron chi connectivity index (χ2n) is 3.28. The van der Waals surface area contributed by atoms with Gasteiger partial charge in [0.25, 0.3) is 0 Å². The Morgan fingerprint density at radius 3 is 2.85 bits per heavy atom. The Bertz CT molecular complexity index is 368. The van der Waals surface area contributed by atoms with Gasteiger partial charge in [0.05, 0.1) is 5.25 Å². The van der Waals surface area contributed by atoms with E-state index in [2.05, 4.69) is 19.3 Å². The van der Waals surface area contributed by atoms with Crippen molar-refractivity contribution in [1.29, 1.82) is 0 Å². The summed E-state index contributed by atoms with van der Waals surface area (Å²) in [6, 6.07) is 5.03. The summed E-state index contributed by atoms with van der Waals surface area (Å²) in [4.78, 5) is 0. The van der Waals surface area contributed by atoms with Gasteiger partial charge in [0.1, 0.15) is 5.82 Å². The summed E-state index contributed by atoms with van der Waals surface area (Å²) in [5.74, 6) is -0.149. The Labute approximate surface area is 81.8 Å². The number of thioether (sulfide) groups is 1. The highest BCUT2D eigenvalue weighted by Crippen LogP contribution is 2.42. The van der Waals surface area contributed by atoms with Crippen molar-refractivity contribution >= 4 is 17.8 Å². The molecule has 1 aromatic carbocycles. The van der Waals surface area contributed by atoms with Crippen LogP contribution in [0, 0.1) is 5.82 Å². The molecule has 1 aliphatic rings. The van der Waals surface area contributed by atoms with Gasteiger partial charge < -0.3 is 0 Å². The van der Waals surface area contributed by atoms with Crippen molar-refractivity contribution in [2.75, 3.05) is 6.26 Å². The predicted molar refractivity (Wildman–Crippen MR) is 56.3 cm³/mol. The summed E-state index contributed by atoms with van der Waals surface area (Å²) in [7, 11) is 0. The summed E-state index contributed by atoms with van der Waals surface area (Å²) in [5, 5.41) is 0.426. The standard InChI is InChI=1S/C11H11FS/c1-7-5-8-6-9(12)3-4-10(8)11(7)13-2/h3-6,11H,1-2H3. The lowest BCUT2D eigenvalue weighted by atomic mass is 10.1. The highest BCUT2D eigenvalue weighted by molar-refractivity contribution is 7.99. The van der Waals surface area contributed by atoms with Gasteiger partial charge in [0, 0.05) is 0 Å². The fourth-order valence-corrected chi connectivity index (χ4v) is 2.70. The van der Waals surface area contributed by atoms with Gasteiger partial charge in [0.2, 0.25) is 0 Å². The van der Waals surface area contributed by atoms with E-state index in [1.807, 2.05) is 6.07 Å². The summed E-state index contributed by atoms with van der Waals surface area (Å²) in [5.41, 5.74) is 3.59. The molecule has 0 spiro atoms.